The Kier molecular flexibility index (Phi) is 4.68. The van der Waals surface area contributed by atoms with Gasteiger partial charge in [-0.2, -0.15) is 0 Å². The van der Waals surface area contributed by atoms with E-state index in [0.717, 1.165) is 0 Å². The van der Waals surface area contributed by atoms with Crippen molar-refractivity contribution in [3.05, 3.63) is 12.1 Å². The highest BCUT2D eigenvalue weighted by Crippen LogP contribution is 2.21. The number of nitrogen functional groups attached to an aromatic ring is 1. The van der Waals surface area contributed by atoms with E-state index in [1.54, 1.807) is 20.8 Å². The van der Waals surface area contributed by atoms with Gasteiger partial charge in [-0.05, 0) is 26.8 Å². The fourth-order valence-corrected chi connectivity index (χ4v) is 2.06. The van der Waals surface area contributed by atoms with Gasteiger partial charge in [0.2, 0.25) is 5.88 Å². The van der Waals surface area contributed by atoms with Crippen molar-refractivity contribution in [3.63, 3.8) is 0 Å². The maximum atomic E-state index is 14.2. The first-order valence-corrected chi connectivity index (χ1v) is 7.12. The maximum Gasteiger partial charge on any atom is 0.410 e. The van der Waals surface area contributed by atoms with E-state index in [9.17, 15) is 9.18 Å². The molecule has 0 aromatic carbocycles. The Morgan fingerprint density at radius 3 is 2.68 bits per heavy atom. The predicted octanol–water partition coefficient (Wildman–Crippen LogP) is 1.79. The Bertz CT molecular complexity index is 518. The summed E-state index contributed by atoms with van der Waals surface area (Å²) in [6.07, 6.45) is -2.15. The molecule has 0 unspecified atom stereocenters. The number of hydrogen-bond donors (Lipinski definition) is 1. The Morgan fingerprint density at radius 1 is 1.41 bits per heavy atom. The summed E-state index contributed by atoms with van der Waals surface area (Å²) in [7, 11) is 0. The van der Waals surface area contributed by atoms with Gasteiger partial charge in [-0.15, -0.1) is 10.2 Å². The molecule has 122 valence electrons. The molecule has 2 N–H and O–H groups in total. The van der Waals surface area contributed by atoms with Crippen molar-refractivity contribution in [2.45, 2.75) is 45.1 Å². The summed E-state index contributed by atoms with van der Waals surface area (Å²) in [6, 6.07) is 3.07. The van der Waals surface area contributed by atoms with E-state index in [2.05, 4.69) is 10.2 Å². The Labute approximate surface area is 128 Å². The van der Waals surface area contributed by atoms with Gasteiger partial charge in [-0.25, -0.2) is 9.18 Å². The first kappa shape index (κ1) is 16.3. The van der Waals surface area contributed by atoms with Gasteiger partial charge in [-0.1, -0.05) is 0 Å². The number of nitrogens with two attached hydrogens (primary N) is 1. The molecule has 1 fully saturated rings. The normalized spacial score (nSPS) is 22.3. The predicted molar refractivity (Wildman–Crippen MR) is 78.2 cm³/mol. The van der Waals surface area contributed by atoms with Crippen molar-refractivity contribution >= 4 is 11.9 Å². The SMILES string of the molecule is CC(C)(C)OC(=O)N1CC[C@H](Oc2ccc(N)nn2)[C@@H](F)C1. The average molecular weight is 312 g/mol. The number of halogens is 1. The second-order valence-corrected chi connectivity index (χ2v) is 6.18. The second-order valence-electron chi connectivity index (χ2n) is 6.18. The van der Waals surface area contributed by atoms with E-state index < -0.39 is 24.0 Å². The van der Waals surface area contributed by atoms with Gasteiger partial charge in [0.15, 0.2) is 6.17 Å². The van der Waals surface area contributed by atoms with Crippen LogP contribution in [0.2, 0.25) is 0 Å². The van der Waals surface area contributed by atoms with Crippen molar-refractivity contribution in [1.82, 2.24) is 15.1 Å². The van der Waals surface area contributed by atoms with Crippen LogP contribution >= 0.6 is 0 Å². The molecule has 0 aliphatic carbocycles. The number of alkyl halides is 1. The summed E-state index contributed by atoms with van der Waals surface area (Å²) in [5.74, 6) is 0.483. The summed E-state index contributed by atoms with van der Waals surface area (Å²) in [5.41, 5.74) is 4.83. The highest BCUT2D eigenvalue weighted by atomic mass is 19.1. The number of carbonyl (C=O) groups excluding carboxylic acids is 1. The zero-order chi connectivity index (χ0) is 16.3. The monoisotopic (exact) mass is 312 g/mol. The van der Waals surface area contributed by atoms with E-state index in [0.29, 0.717) is 13.0 Å². The number of rotatable bonds is 2. The van der Waals surface area contributed by atoms with Crippen molar-refractivity contribution in [2.75, 3.05) is 18.8 Å². The molecule has 1 amide bonds. The van der Waals surface area contributed by atoms with Crippen molar-refractivity contribution in [3.8, 4) is 5.88 Å². The molecular weight excluding hydrogens is 291 g/mol. The van der Waals surface area contributed by atoms with E-state index >= 15 is 0 Å². The van der Waals surface area contributed by atoms with Crippen LogP contribution in [0, 0.1) is 0 Å². The zero-order valence-electron chi connectivity index (χ0n) is 13.0. The van der Waals surface area contributed by atoms with Gasteiger partial charge in [-0.3, -0.25) is 0 Å². The third kappa shape index (κ3) is 4.44. The number of ether oxygens (including phenoxy) is 2. The first-order valence-electron chi connectivity index (χ1n) is 7.12. The smallest absolute Gasteiger partial charge is 0.410 e. The van der Waals surface area contributed by atoms with Gasteiger partial charge in [0.05, 0.1) is 6.54 Å². The second kappa shape index (κ2) is 6.33. The molecule has 22 heavy (non-hydrogen) atoms. The average Bonchev–Trinajstić information content (AvgIpc) is 2.41. The summed E-state index contributed by atoms with van der Waals surface area (Å²) in [5, 5.41) is 7.39. The van der Waals surface area contributed by atoms with Crippen LogP contribution in [0.3, 0.4) is 0 Å². The van der Waals surface area contributed by atoms with E-state index in [1.165, 1.54) is 17.0 Å². The minimum absolute atomic E-state index is 0.0675. The van der Waals surface area contributed by atoms with E-state index in [-0.39, 0.29) is 18.2 Å². The molecule has 1 aromatic rings. The number of likely N-dealkylation sites (tertiary alicyclic amines) is 1. The fourth-order valence-electron chi connectivity index (χ4n) is 2.06. The van der Waals surface area contributed by atoms with Gasteiger partial charge in [0, 0.05) is 19.0 Å². The highest BCUT2D eigenvalue weighted by molar-refractivity contribution is 5.68. The number of amides is 1. The summed E-state index contributed by atoms with van der Waals surface area (Å²) >= 11 is 0. The van der Waals surface area contributed by atoms with E-state index in [1.807, 2.05) is 0 Å². The lowest BCUT2D eigenvalue weighted by Gasteiger charge is -2.35. The molecule has 2 rings (SSSR count). The van der Waals surface area contributed by atoms with Crippen LogP contribution in [-0.4, -0.2) is 52.2 Å². The van der Waals surface area contributed by atoms with Crippen LogP contribution in [0.15, 0.2) is 12.1 Å². The van der Waals surface area contributed by atoms with E-state index in [4.69, 9.17) is 15.2 Å². The molecule has 0 spiro atoms. The summed E-state index contributed by atoms with van der Waals surface area (Å²) < 4.78 is 24.9. The zero-order valence-corrected chi connectivity index (χ0v) is 13.0. The molecule has 2 heterocycles. The Hall–Kier alpha value is -2.12. The quantitative estimate of drug-likeness (QED) is 0.895. The fraction of sp³-hybridized carbons (Fsp3) is 0.643. The third-order valence-electron chi connectivity index (χ3n) is 3.07. The molecule has 0 bridgehead atoms. The van der Waals surface area contributed by atoms with Crippen molar-refractivity contribution in [1.29, 1.82) is 0 Å². The van der Waals surface area contributed by atoms with Crippen molar-refractivity contribution in [2.24, 2.45) is 0 Å². The Morgan fingerprint density at radius 2 is 2.14 bits per heavy atom. The molecule has 0 saturated carbocycles. The van der Waals surface area contributed by atoms with Gasteiger partial charge in [0.25, 0.3) is 0 Å². The number of carbonyl (C=O) groups is 1. The molecular formula is C14H21FN4O3. The van der Waals surface area contributed by atoms with Gasteiger partial charge < -0.3 is 20.1 Å². The lowest BCUT2D eigenvalue weighted by molar-refractivity contribution is -0.0116. The first-order chi connectivity index (χ1) is 10.2. The van der Waals surface area contributed by atoms with Crippen LogP contribution in [0.5, 0.6) is 5.88 Å². The molecule has 1 aliphatic rings. The molecule has 1 aliphatic heterocycles. The molecule has 2 atom stereocenters. The van der Waals surface area contributed by atoms with Crippen LogP contribution in [0.4, 0.5) is 15.0 Å². The largest absolute Gasteiger partial charge is 0.470 e. The number of hydrogen-bond acceptors (Lipinski definition) is 6. The molecule has 1 saturated heterocycles. The number of nitrogens with zero attached hydrogens (tertiary/aromatic N) is 3. The van der Waals surface area contributed by atoms with Crippen molar-refractivity contribution < 1.29 is 18.7 Å². The lowest BCUT2D eigenvalue weighted by atomic mass is 10.1. The Balaban J connectivity index is 1.90. The number of anilines is 1. The van der Waals surface area contributed by atoms with Crippen LogP contribution in [0.25, 0.3) is 0 Å². The summed E-state index contributed by atoms with van der Waals surface area (Å²) in [6.45, 7) is 5.61. The molecule has 0 radical (unpaired) electrons. The lowest BCUT2D eigenvalue weighted by Crippen LogP contribution is -2.50. The van der Waals surface area contributed by atoms with Gasteiger partial charge in [0.1, 0.15) is 17.5 Å². The minimum Gasteiger partial charge on any atom is -0.470 e. The minimum atomic E-state index is -1.32. The van der Waals surface area contributed by atoms with Crippen LogP contribution in [-0.2, 0) is 4.74 Å². The standard InChI is InChI=1S/C14H21FN4O3/c1-14(2,3)22-13(20)19-7-6-10(9(15)8-19)21-12-5-4-11(16)17-18-12/h4-5,9-10H,6-8H2,1-3H3,(H2,16,17)/t9-,10-/m0/s1. The van der Waals surface area contributed by atoms with Crippen LogP contribution in [0.1, 0.15) is 27.2 Å². The maximum absolute atomic E-state index is 14.2. The van der Waals surface area contributed by atoms with Gasteiger partial charge >= 0.3 is 6.09 Å². The molecule has 1 aromatic heterocycles. The number of aromatic nitrogens is 2. The topological polar surface area (TPSA) is 90.6 Å². The number of piperidine rings is 1. The van der Waals surface area contributed by atoms with Crippen LogP contribution < -0.4 is 10.5 Å². The third-order valence-corrected chi connectivity index (χ3v) is 3.07. The highest BCUT2D eigenvalue weighted by Gasteiger charge is 2.35. The molecule has 7 nitrogen and oxygen atoms in total. The summed E-state index contributed by atoms with van der Waals surface area (Å²) in [4.78, 5) is 13.3. The molecule has 8 heteroatoms.